The fourth-order valence-corrected chi connectivity index (χ4v) is 3.25. The van der Waals surface area contributed by atoms with Gasteiger partial charge in [-0.15, -0.1) is 0 Å². The molecule has 1 saturated carbocycles. The average molecular weight is 269 g/mol. The molecule has 3 heteroatoms. The lowest BCUT2D eigenvalue weighted by Gasteiger charge is -2.36. The van der Waals surface area contributed by atoms with Gasteiger partial charge in [-0.1, -0.05) is 13.8 Å². The summed E-state index contributed by atoms with van der Waals surface area (Å²) >= 11 is 0. The first-order valence-corrected chi connectivity index (χ1v) is 8.22. The predicted octanol–water partition coefficient (Wildman–Crippen LogP) is 2.99. The van der Waals surface area contributed by atoms with Crippen LogP contribution in [0.1, 0.15) is 52.4 Å². The van der Waals surface area contributed by atoms with Crippen LogP contribution in [-0.2, 0) is 9.47 Å². The van der Waals surface area contributed by atoms with Gasteiger partial charge in [0.05, 0.1) is 12.7 Å². The van der Waals surface area contributed by atoms with Crippen LogP contribution in [-0.4, -0.2) is 38.5 Å². The molecule has 112 valence electrons. The van der Waals surface area contributed by atoms with Crippen molar-refractivity contribution < 1.29 is 9.47 Å². The van der Waals surface area contributed by atoms with Crippen molar-refractivity contribution in [2.75, 3.05) is 26.4 Å². The standard InChI is InChI=1S/C16H31NO2/c1-3-8-17-15-5-4-13(2)11-16(15)19-12-14-6-9-18-10-7-14/h13-17H,3-12H2,1-2H3. The number of ether oxygens (including phenoxy) is 2. The third-order valence-corrected chi connectivity index (χ3v) is 4.60. The second-order valence-corrected chi connectivity index (χ2v) is 6.41. The van der Waals surface area contributed by atoms with Crippen molar-refractivity contribution >= 4 is 0 Å². The zero-order valence-corrected chi connectivity index (χ0v) is 12.7. The van der Waals surface area contributed by atoms with E-state index < -0.39 is 0 Å². The Morgan fingerprint density at radius 3 is 2.68 bits per heavy atom. The van der Waals surface area contributed by atoms with Gasteiger partial charge in [0.1, 0.15) is 0 Å². The Labute approximate surface area is 118 Å². The summed E-state index contributed by atoms with van der Waals surface area (Å²) < 4.78 is 11.7. The molecular formula is C16H31NO2. The average Bonchev–Trinajstić information content (AvgIpc) is 2.45. The first-order chi connectivity index (χ1) is 9.29. The molecule has 1 aliphatic heterocycles. The van der Waals surface area contributed by atoms with Gasteiger partial charge in [-0.05, 0) is 56.9 Å². The van der Waals surface area contributed by atoms with Crippen molar-refractivity contribution in [3.8, 4) is 0 Å². The monoisotopic (exact) mass is 269 g/mol. The minimum absolute atomic E-state index is 0.429. The molecule has 2 aliphatic rings. The van der Waals surface area contributed by atoms with E-state index in [2.05, 4.69) is 19.2 Å². The Bertz CT molecular complexity index is 239. The second kappa shape index (κ2) is 8.23. The number of hydrogen-bond acceptors (Lipinski definition) is 3. The molecule has 1 N–H and O–H groups in total. The van der Waals surface area contributed by atoms with Crippen molar-refractivity contribution in [3.05, 3.63) is 0 Å². The summed E-state index contributed by atoms with van der Waals surface area (Å²) in [7, 11) is 0. The van der Waals surface area contributed by atoms with Crippen LogP contribution in [0.25, 0.3) is 0 Å². The van der Waals surface area contributed by atoms with Crippen molar-refractivity contribution in [1.82, 2.24) is 5.32 Å². The molecule has 2 rings (SSSR count). The van der Waals surface area contributed by atoms with Gasteiger partial charge in [-0.2, -0.15) is 0 Å². The van der Waals surface area contributed by atoms with Gasteiger partial charge in [0.15, 0.2) is 0 Å². The molecule has 0 aromatic carbocycles. The van der Waals surface area contributed by atoms with Gasteiger partial charge in [-0.3, -0.25) is 0 Å². The van der Waals surface area contributed by atoms with Crippen LogP contribution in [0.2, 0.25) is 0 Å². The molecule has 3 nitrogen and oxygen atoms in total. The van der Waals surface area contributed by atoms with Crippen LogP contribution in [0, 0.1) is 11.8 Å². The third kappa shape index (κ3) is 5.05. The van der Waals surface area contributed by atoms with E-state index in [-0.39, 0.29) is 0 Å². The fraction of sp³-hybridized carbons (Fsp3) is 1.00. The second-order valence-electron chi connectivity index (χ2n) is 6.41. The number of rotatable bonds is 6. The highest BCUT2D eigenvalue weighted by molar-refractivity contribution is 4.84. The highest BCUT2D eigenvalue weighted by Gasteiger charge is 2.29. The van der Waals surface area contributed by atoms with E-state index in [0.717, 1.165) is 38.2 Å². The maximum absolute atomic E-state index is 6.28. The molecule has 0 bridgehead atoms. The maximum atomic E-state index is 6.28. The molecule has 1 aliphatic carbocycles. The number of nitrogens with one attached hydrogen (secondary N) is 1. The lowest BCUT2D eigenvalue weighted by atomic mass is 9.84. The van der Waals surface area contributed by atoms with E-state index in [0.29, 0.717) is 12.1 Å². The van der Waals surface area contributed by atoms with Crippen LogP contribution in [0.4, 0.5) is 0 Å². The zero-order valence-electron chi connectivity index (χ0n) is 12.7. The fourth-order valence-electron chi connectivity index (χ4n) is 3.25. The lowest BCUT2D eigenvalue weighted by Crippen LogP contribution is -2.46. The van der Waals surface area contributed by atoms with E-state index in [9.17, 15) is 0 Å². The Kier molecular flexibility index (Phi) is 6.62. The quantitative estimate of drug-likeness (QED) is 0.804. The first-order valence-electron chi connectivity index (χ1n) is 8.22. The predicted molar refractivity (Wildman–Crippen MR) is 78.4 cm³/mol. The van der Waals surface area contributed by atoms with Gasteiger partial charge in [0, 0.05) is 19.3 Å². The summed E-state index contributed by atoms with van der Waals surface area (Å²) in [6.07, 6.45) is 7.84. The highest BCUT2D eigenvalue weighted by Crippen LogP contribution is 2.27. The zero-order chi connectivity index (χ0) is 13.5. The minimum atomic E-state index is 0.429. The van der Waals surface area contributed by atoms with Crippen molar-refractivity contribution in [3.63, 3.8) is 0 Å². The number of hydrogen-bond donors (Lipinski definition) is 1. The van der Waals surface area contributed by atoms with E-state index in [1.807, 2.05) is 0 Å². The molecule has 19 heavy (non-hydrogen) atoms. The molecule has 0 radical (unpaired) electrons. The highest BCUT2D eigenvalue weighted by atomic mass is 16.5. The third-order valence-electron chi connectivity index (χ3n) is 4.60. The summed E-state index contributed by atoms with van der Waals surface area (Å²) in [6, 6.07) is 0.580. The summed E-state index contributed by atoms with van der Waals surface area (Å²) in [6.45, 7) is 8.50. The minimum Gasteiger partial charge on any atom is -0.381 e. The largest absolute Gasteiger partial charge is 0.381 e. The SMILES string of the molecule is CCCNC1CCC(C)CC1OCC1CCOCC1. The molecule has 2 fully saturated rings. The summed E-state index contributed by atoms with van der Waals surface area (Å²) in [5, 5.41) is 3.68. The first kappa shape index (κ1) is 15.3. The summed E-state index contributed by atoms with van der Waals surface area (Å²) in [5.41, 5.74) is 0. The normalized spacial score (nSPS) is 33.5. The molecule has 3 atom stereocenters. The van der Waals surface area contributed by atoms with Gasteiger partial charge in [0.2, 0.25) is 0 Å². The van der Waals surface area contributed by atoms with Gasteiger partial charge < -0.3 is 14.8 Å². The molecule has 0 amide bonds. The molecule has 1 heterocycles. The van der Waals surface area contributed by atoms with Crippen LogP contribution in [0.3, 0.4) is 0 Å². The Balaban J connectivity index is 1.75. The Morgan fingerprint density at radius 1 is 1.16 bits per heavy atom. The lowest BCUT2D eigenvalue weighted by molar-refractivity contribution is -0.0435. The van der Waals surface area contributed by atoms with E-state index in [1.165, 1.54) is 38.5 Å². The molecular weight excluding hydrogens is 238 g/mol. The Morgan fingerprint density at radius 2 is 1.95 bits per heavy atom. The molecule has 1 saturated heterocycles. The van der Waals surface area contributed by atoms with Gasteiger partial charge in [0.25, 0.3) is 0 Å². The van der Waals surface area contributed by atoms with Crippen LogP contribution >= 0.6 is 0 Å². The van der Waals surface area contributed by atoms with Gasteiger partial charge in [-0.25, -0.2) is 0 Å². The van der Waals surface area contributed by atoms with Crippen molar-refractivity contribution in [2.45, 2.75) is 64.5 Å². The molecule has 0 spiro atoms. The van der Waals surface area contributed by atoms with E-state index in [4.69, 9.17) is 9.47 Å². The topological polar surface area (TPSA) is 30.5 Å². The van der Waals surface area contributed by atoms with Gasteiger partial charge >= 0.3 is 0 Å². The summed E-state index contributed by atoms with van der Waals surface area (Å²) in [4.78, 5) is 0. The Hall–Kier alpha value is -0.120. The maximum Gasteiger partial charge on any atom is 0.0730 e. The van der Waals surface area contributed by atoms with E-state index in [1.54, 1.807) is 0 Å². The smallest absolute Gasteiger partial charge is 0.0730 e. The van der Waals surface area contributed by atoms with Crippen LogP contribution in [0.5, 0.6) is 0 Å². The van der Waals surface area contributed by atoms with E-state index >= 15 is 0 Å². The van der Waals surface area contributed by atoms with Crippen LogP contribution in [0.15, 0.2) is 0 Å². The van der Waals surface area contributed by atoms with Crippen LogP contribution < -0.4 is 5.32 Å². The molecule has 0 aromatic rings. The molecule has 3 unspecified atom stereocenters. The van der Waals surface area contributed by atoms with Crippen molar-refractivity contribution in [1.29, 1.82) is 0 Å². The van der Waals surface area contributed by atoms with Crippen molar-refractivity contribution in [2.24, 2.45) is 11.8 Å². The summed E-state index contributed by atoms with van der Waals surface area (Å²) in [5.74, 6) is 1.54. The molecule has 0 aromatic heterocycles.